The summed E-state index contributed by atoms with van der Waals surface area (Å²) in [5.74, 6) is 2.14. The van der Waals surface area contributed by atoms with Gasteiger partial charge in [0.1, 0.15) is 5.75 Å². The van der Waals surface area contributed by atoms with E-state index < -0.39 is 0 Å². The molecule has 2 rings (SSSR count). The van der Waals surface area contributed by atoms with E-state index in [0.29, 0.717) is 22.4 Å². The third-order valence-electron chi connectivity index (χ3n) is 3.66. The molecule has 1 fully saturated rings. The van der Waals surface area contributed by atoms with Crippen molar-refractivity contribution in [2.75, 3.05) is 0 Å². The number of ether oxygens (including phenoxy) is 1. The second-order valence-electron chi connectivity index (χ2n) is 5.53. The van der Waals surface area contributed by atoms with Gasteiger partial charge in [-0.25, -0.2) is 0 Å². The summed E-state index contributed by atoms with van der Waals surface area (Å²) < 4.78 is 6.05. The zero-order valence-corrected chi connectivity index (χ0v) is 11.8. The maximum atomic E-state index is 9.37. The van der Waals surface area contributed by atoms with Gasteiger partial charge in [-0.2, -0.15) is 0 Å². The second kappa shape index (κ2) is 5.94. The maximum absolute atomic E-state index is 9.37. The number of hydrogen-bond acceptors (Lipinski definition) is 2. The van der Waals surface area contributed by atoms with E-state index in [0.717, 1.165) is 18.6 Å². The normalized spacial score (nSPS) is 28.1. The maximum Gasteiger partial charge on any atom is 0.126 e. The molecule has 100 valence electrons. The van der Waals surface area contributed by atoms with Gasteiger partial charge in [0.2, 0.25) is 0 Å². The van der Waals surface area contributed by atoms with Gasteiger partial charge in [0, 0.05) is 10.6 Å². The van der Waals surface area contributed by atoms with Crippen LogP contribution in [0.4, 0.5) is 0 Å². The number of hydrogen-bond donors (Lipinski definition) is 1. The number of aliphatic hydroxyl groups excluding tert-OH is 1. The molecule has 0 aliphatic heterocycles. The van der Waals surface area contributed by atoms with Crippen molar-refractivity contribution in [3.05, 3.63) is 28.8 Å². The summed E-state index contributed by atoms with van der Waals surface area (Å²) in [4.78, 5) is 0. The number of halogens is 1. The lowest BCUT2D eigenvalue weighted by Crippen LogP contribution is -2.28. The van der Waals surface area contributed by atoms with Crippen molar-refractivity contribution < 1.29 is 9.84 Å². The van der Waals surface area contributed by atoms with Gasteiger partial charge in [-0.15, -0.1) is 0 Å². The lowest BCUT2D eigenvalue weighted by molar-refractivity contribution is 0.0985. The average molecular weight is 269 g/mol. The van der Waals surface area contributed by atoms with Crippen LogP contribution in [-0.4, -0.2) is 11.2 Å². The topological polar surface area (TPSA) is 29.5 Å². The van der Waals surface area contributed by atoms with Crippen molar-refractivity contribution in [2.24, 2.45) is 11.8 Å². The Bertz CT molecular complexity index is 395. The van der Waals surface area contributed by atoms with Crippen LogP contribution in [-0.2, 0) is 6.61 Å². The second-order valence-corrected chi connectivity index (χ2v) is 5.94. The van der Waals surface area contributed by atoms with Gasteiger partial charge in [0.05, 0.1) is 12.7 Å². The molecule has 0 heterocycles. The Morgan fingerprint density at radius 2 is 1.89 bits per heavy atom. The van der Waals surface area contributed by atoms with Crippen LogP contribution in [0.5, 0.6) is 5.75 Å². The minimum Gasteiger partial charge on any atom is -0.490 e. The molecule has 0 bridgehead atoms. The third kappa shape index (κ3) is 3.18. The van der Waals surface area contributed by atoms with E-state index in [9.17, 15) is 5.11 Å². The van der Waals surface area contributed by atoms with Crippen LogP contribution in [0.3, 0.4) is 0 Å². The molecule has 1 aromatic carbocycles. The number of benzene rings is 1. The summed E-state index contributed by atoms with van der Waals surface area (Å²) in [7, 11) is 0. The van der Waals surface area contributed by atoms with Crippen LogP contribution in [0.1, 0.15) is 38.7 Å². The first-order valence-corrected chi connectivity index (χ1v) is 7.02. The van der Waals surface area contributed by atoms with Gasteiger partial charge in [-0.1, -0.05) is 31.5 Å². The van der Waals surface area contributed by atoms with Crippen molar-refractivity contribution >= 4 is 11.6 Å². The molecule has 0 amide bonds. The Hall–Kier alpha value is -0.730. The first kappa shape index (κ1) is 13.7. The highest BCUT2D eigenvalue weighted by Gasteiger charge is 2.25. The van der Waals surface area contributed by atoms with E-state index in [1.807, 2.05) is 12.1 Å². The fraction of sp³-hybridized carbons (Fsp3) is 0.600. The summed E-state index contributed by atoms with van der Waals surface area (Å²) >= 11 is 6.06. The molecule has 2 atom stereocenters. The van der Waals surface area contributed by atoms with Crippen molar-refractivity contribution in [2.45, 2.75) is 45.8 Å². The standard InChI is InChI=1S/C15H21ClO2/c1-10-6-11(2)8-12(7-10)18-15-5-3-4-14(16)13(15)9-17/h3-5,10-12,17H,6-9H2,1-2H3. The molecule has 1 N–H and O–H groups in total. The molecule has 2 nitrogen and oxygen atoms in total. The monoisotopic (exact) mass is 268 g/mol. The fourth-order valence-electron chi connectivity index (χ4n) is 2.95. The van der Waals surface area contributed by atoms with Gasteiger partial charge in [-0.05, 0) is 43.2 Å². The molecule has 0 spiro atoms. The van der Waals surface area contributed by atoms with Crippen LogP contribution >= 0.6 is 11.6 Å². The van der Waals surface area contributed by atoms with Crippen molar-refractivity contribution in [1.82, 2.24) is 0 Å². The average Bonchev–Trinajstić information content (AvgIpc) is 2.27. The Kier molecular flexibility index (Phi) is 4.52. The Morgan fingerprint density at radius 3 is 2.50 bits per heavy atom. The molecule has 0 aromatic heterocycles. The molecular weight excluding hydrogens is 248 g/mol. The molecule has 1 aliphatic carbocycles. The van der Waals surface area contributed by atoms with E-state index in [4.69, 9.17) is 16.3 Å². The van der Waals surface area contributed by atoms with Crippen LogP contribution in [0.25, 0.3) is 0 Å². The van der Waals surface area contributed by atoms with Gasteiger partial charge in [0.25, 0.3) is 0 Å². The highest BCUT2D eigenvalue weighted by Crippen LogP contribution is 2.33. The Morgan fingerprint density at radius 1 is 1.22 bits per heavy atom. The van der Waals surface area contributed by atoms with E-state index in [1.165, 1.54) is 6.42 Å². The zero-order chi connectivity index (χ0) is 13.1. The molecule has 18 heavy (non-hydrogen) atoms. The third-order valence-corrected chi connectivity index (χ3v) is 4.02. The van der Waals surface area contributed by atoms with E-state index in [2.05, 4.69) is 13.8 Å². The summed E-state index contributed by atoms with van der Waals surface area (Å²) in [6.07, 6.45) is 3.69. The molecule has 0 saturated heterocycles. The summed E-state index contributed by atoms with van der Waals surface area (Å²) in [6.45, 7) is 4.47. The molecule has 0 radical (unpaired) electrons. The Labute approximate surface area is 114 Å². The lowest BCUT2D eigenvalue weighted by atomic mass is 9.82. The number of rotatable bonds is 3. The first-order chi connectivity index (χ1) is 8.60. The van der Waals surface area contributed by atoms with Gasteiger partial charge >= 0.3 is 0 Å². The van der Waals surface area contributed by atoms with E-state index in [1.54, 1.807) is 6.07 Å². The largest absolute Gasteiger partial charge is 0.490 e. The van der Waals surface area contributed by atoms with Crippen LogP contribution in [0.2, 0.25) is 5.02 Å². The van der Waals surface area contributed by atoms with Gasteiger partial charge < -0.3 is 9.84 Å². The van der Waals surface area contributed by atoms with E-state index in [-0.39, 0.29) is 12.7 Å². The lowest BCUT2D eigenvalue weighted by Gasteiger charge is -2.32. The summed E-state index contributed by atoms with van der Waals surface area (Å²) in [5, 5.41) is 9.94. The number of aliphatic hydroxyl groups is 1. The van der Waals surface area contributed by atoms with Gasteiger partial charge in [0.15, 0.2) is 0 Å². The molecule has 1 aliphatic rings. The molecule has 1 saturated carbocycles. The van der Waals surface area contributed by atoms with Gasteiger partial charge in [-0.3, -0.25) is 0 Å². The van der Waals surface area contributed by atoms with Crippen molar-refractivity contribution in [3.63, 3.8) is 0 Å². The molecule has 2 unspecified atom stereocenters. The smallest absolute Gasteiger partial charge is 0.126 e. The van der Waals surface area contributed by atoms with E-state index >= 15 is 0 Å². The minimum absolute atomic E-state index is 0.0766. The zero-order valence-electron chi connectivity index (χ0n) is 11.0. The highest BCUT2D eigenvalue weighted by molar-refractivity contribution is 6.31. The summed E-state index contributed by atoms with van der Waals surface area (Å²) in [5.41, 5.74) is 0.699. The van der Waals surface area contributed by atoms with Crippen molar-refractivity contribution in [3.8, 4) is 5.75 Å². The molecular formula is C15H21ClO2. The highest BCUT2D eigenvalue weighted by atomic mass is 35.5. The quantitative estimate of drug-likeness (QED) is 0.897. The fourth-order valence-corrected chi connectivity index (χ4v) is 3.18. The molecule has 1 aromatic rings. The summed E-state index contributed by atoms with van der Waals surface area (Å²) in [6, 6.07) is 5.54. The van der Waals surface area contributed by atoms with Crippen LogP contribution < -0.4 is 4.74 Å². The molecule has 3 heteroatoms. The predicted molar refractivity (Wildman–Crippen MR) is 74.0 cm³/mol. The van der Waals surface area contributed by atoms with Crippen LogP contribution in [0, 0.1) is 11.8 Å². The first-order valence-electron chi connectivity index (χ1n) is 6.65. The SMILES string of the molecule is CC1CC(C)CC(Oc2cccc(Cl)c2CO)C1. The van der Waals surface area contributed by atoms with Crippen LogP contribution in [0.15, 0.2) is 18.2 Å². The predicted octanol–water partition coefficient (Wildman–Crippen LogP) is 4.04. The minimum atomic E-state index is -0.0766. The Balaban J connectivity index is 2.11. The van der Waals surface area contributed by atoms with Crippen molar-refractivity contribution in [1.29, 1.82) is 0 Å².